The first-order valence-corrected chi connectivity index (χ1v) is 5.13. The largest absolute Gasteiger partial charge is 0.492 e. The maximum atomic E-state index is 9.55. The molecule has 0 spiro atoms. The van der Waals surface area contributed by atoms with Crippen LogP contribution in [0.25, 0.3) is 11.0 Å². The van der Waals surface area contributed by atoms with Gasteiger partial charge in [0.25, 0.3) is 0 Å². The molecule has 2 N–H and O–H groups in total. The molecule has 0 aliphatic heterocycles. The fourth-order valence-corrected chi connectivity index (χ4v) is 1.71. The van der Waals surface area contributed by atoms with Crippen LogP contribution in [0.1, 0.15) is 25.3 Å². The summed E-state index contributed by atoms with van der Waals surface area (Å²) in [5.74, 6) is -0.219. The van der Waals surface area contributed by atoms with Crippen molar-refractivity contribution < 1.29 is 10.2 Å². The van der Waals surface area contributed by atoms with E-state index in [1.54, 1.807) is 6.07 Å². The molecule has 0 radical (unpaired) electrons. The predicted molar refractivity (Wildman–Crippen MR) is 59.8 cm³/mol. The van der Waals surface area contributed by atoms with Crippen molar-refractivity contribution in [2.24, 2.45) is 0 Å². The summed E-state index contributed by atoms with van der Waals surface area (Å²) < 4.78 is 0. The Kier molecular flexibility index (Phi) is 2.55. The van der Waals surface area contributed by atoms with E-state index in [4.69, 9.17) is 11.6 Å². The van der Waals surface area contributed by atoms with E-state index in [1.165, 1.54) is 0 Å². The van der Waals surface area contributed by atoms with Crippen LogP contribution in [0.3, 0.4) is 0 Å². The van der Waals surface area contributed by atoms with Gasteiger partial charge in [0.1, 0.15) is 10.7 Å². The van der Waals surface area contributed by atoms with Gasteiger partial charge in [-0.3, -0.25) is 0 Å². The SMILES string of the molecule is CC(C)c1cc(Cl)nc2c(O)nc(O)nc12. The van der Waals surface area contributed by atoms with Gasteiger partial charge in [-0.05, 0) is 17.5 Å². The van der Waals surface area contributed by atoms with Gasteiger partial charge in [-0.2, -0.15) is 9.97 Å². The molecule has 2 aromatic rings. The molecule has 6 heteroatoms. The predicted octanol–water partition coefficient (Wildman–Crippen LogP) is 2.21. The normalized spacial score (nSPS) is 11.2. The zero-order valence-corrected chi connectivity index (χ0v) is 9.52. The van der Waals surface area contributed by atoms with Crippen LogP contribution in [0.2, 0.25) is 5.15 Å². The summed E-state index contributed by atoms with van der Waals surface area (Å²) in [5.41, 5.74) is 1.43. The standard InChI is InChI=1S/C10H10ClN3O2/c1-4(2)5-3-6(11)12-8-7(5)13-10(16)14-9(8)15/h3-4H,1-2H3,(H2,13,14,15,16). The Morgan fingerprint density at radius 1 is 1.12 bits per heavy atom. The second-order valence-corrected chi connectivity index (χ2v) is 4.12. The smallest absolute Gasteiger partial charge is 0.317 e. The van der Waals surface area contributed by atoms with Crippen LogP contribution >= 0.6 is 11.6 Å². The number of halogens is 1. The van der Waals surface area contributed by atoms with E-state index in [1.807, 2.05) is 13.8 Å². The summed E-state index contributed by atoms with van der Waals surface area (Å²) in [4.78, 5) is 11.2. The van der Waals surface area contributed by atoms with Crippen molar-refractivity contribution in [1.82, 2.24) is 15.0 Å². The number of fused-ring (bicyclic) bond motifs is 1. The first kappa shape index (κ1) is 10.9. The summed E-state index contributed by atoms with van der Waals surface area (Å²) in [7, 11) is 0. The zero-order valence-electron chi connectivity index (χ0n) is 8.77. The van der Waals surface area contributed by atoms with Crippen LogP contribution in [-0.4, -0.2) is 25.2 Å². The lowest BCUT2D eigenvalue weighted by atomic mass is 10.0. The van der Waals surface area contributed by atoms with Gasteiger partial charge in [0.05, 0.1) is 0 Å². The van der Waals surface area contributed by atoms with Crippen LogP contribution in [0, 0.1) is 0 Å². The highest BCUT2D eigenvalue weighted by Crippen LogP contribution is 2.30. The summed E-state index contributed by atoms with van der Waals surface area (Å²) >= 11 is 5.84. The van der Waals surface area contributed by atoms with Gasteiger partial charge in [0.15, 0.2) is 5.52 Å². The number of rotatable bonds is 1. The monoisotopic (exact) mass is 239 g/mol. The maximum Gasteiger partial charge on any atom is 0.317 e. The highest BCUT2D eigenvalue weighted by molar-refractivity contribution is 6.30. The van der Waals surface area contributed by atoms with Crippen molar-refractivity contribution in [2.45, 2.75) is 19.8 Å². The van der Waals surface area contributed by atoms with E-state index in [9.17, 15) is 10.2 Å². The molecule has 0 amide bonds. The van der Waals surface area contributed by atoms with Crippen LogP contribution < -0.4 is 0 Å². The fourth-order valence-electron chi connectivity index (χ4n) is 1.51. The first-order valence-electron chi connectivity index (χ1n) is 4.75. The maximum absolute atomic E-state index is 9.55. The lowest BCUT2D eigenvalue weighted by Crippen LogP contribution is -1.96. The molecule has 0 saturated heterocycles. The molecule has 2 aromatic heterocycles. The topological polar surface area (TPSA) is 79.1 Å². The summed E-state index contributed by atoms with van der Waals surface area (Å²) in [6.07, 6.45) is 0. The second kappa shape index (κ2) is 3.75. The third-order valence-corrected chi connectivity index (χ3v) is 2.44. The molecule has 0 aliphatic rings. The Balaban J connectivity index is 2.89. The van der Waals surface area contributed by atoms with Gasteiger partial charge in [-0.1, -0.05) is 25.4 Å². The third kappa shape index (κ3) is 1.74. The van der Waals surface area contributed by atoms with Crippen LogP contribution in [0.5, 0.6) is 11.9 Å². The minimum absolute atomic E-state index is 0.150. The molecule has 0 fully saturated rings. The van der Waals surface area contributed by atoms with Crippen molar-refractivity contribution in [1.29, 1.82) is 0 Å². The minimum Gasteiger partial charge on any atom is -0.492 e. The molecule has 5 nitrogen and oxygen atoms in total. The Bertz CT molecular complexity index is 557. The minimum atomic E-state index is -0.476. The highest BCUT2D eigenvalue weighted by Gasteiger charge is 2.14. The van der Waals surface area contributed by atoms with Crippen molar-refractivity contribution in [3.05, 3.63) is 16.8 Å². The van der Waals surface area contributed by atoms with E-state index in [0.717, 1.165) is 5.56 Å². The third-order valence-electron chi connectivity index (χ3n) is 2.24. The summed E-state index contributed by atoms with van der Waals surface area (Å²) in [6.45, 7) is 3.92. The molecule has 2 heterocycles. The van der Waals surface area contributed by atoms with E-state index < -0.39 is 6.01 Å². The number of hydrogen-bond donors (Lipinski definition) is 2. The van der Waals surface area contributed by atoms with Crippen molar-refractivity contribution >= 4 is 22.6 Å². The Labute approximate surface area is 96.8 Å². The molecule has 0 saturated carbocycles. The lowest BCUT2D eigenvalue weighted by molar-refractivity contribution is 0.402. The molecule has 2 rings (SSSR count). The van der Waals surface area contributed by atoms with Gasteiger partial charge in [-0.15, -0.1) is 0 Å². The molecule has 0 atom stereocenters. The number of hydrogen-bond acceptors (Lipinski definition) is 5. The van der Waals surface area contributed by atoms with Crippen LogP contribution in [0.15, 0.2) is 6.07 Å². The molecular weight excluding hydrogens is 230 g/mol. The summed E-state index contributed by atoms with van der Waals surface area (Å²) in [6, 6.07) is 1.19. The lowest BCUT2D eigenvalue weighted by Gasteiger charge is -2.09. The second-order valence-electron chi connectivity index (χ2n) is 3.73. The number of nitrogens with zero attached hydrogens (tertiary/aromatic N) is 3. The van der Waals surface area contributed by atoms with E-state index in [2.05, 4.69) is 15.0 Å². The molecule has 16 heavy (non-hydrogen) atoms. The van der Waals surface area contributed by atoms with E-state index in [-0.39, 0.29) is 22.5 Å². The van der Waals surface area contributed by atoms with E-state index >= 15 is 0 Å². The number of aromatic hydroxyl groups is 2. The molecule has 0 aromatic carbocycles. The Morgan fingerprint density at radius 3 is 2.44 bits per heavy atom. The molecule has 0 bridgehead atoms. The summed E-state index contributed by atoms with van der Waals surface area (Å²) in [5, 5.41) is 19.1. The molecule has 0 aliphatic carbocycles. The zero-order chi connectivity index (χ0) is 11.9. The first-order chi connectivity index (χ1) is 7.49. The molecule has 84 valence electrons. The van der Waals surface area contributed by atoms with E-state index in [0.29, 0.717) is 5.52 Å². The number of aromatic nitrogens is 3. The van der Waals surface area contributed by atoms with Crippen molar-refractivity contribution in [3.8, 4) is 11.9 Å². The fraction of sp³-hybridized carbons (Fsp3) is 0.300. The van der Waals surface area contributed by atoms with Crippen LogP contribution in [-0.2, 0) is 0 Å². The van der Waals surface area contributed by atoms with Crippen molar-refractivity contribution in [2.75, 3.05) is 0 Å². The average Bonchev–Trinajstić information content (AvgIpc) is 2.18. The van der Waals surface area contributed by atoms with Gasteiger partial charge in [-0.25, -0.2) is 4.98 Å². The Hall–Kier alpha value is -1.62. The molecular formula is C10H10ClN3O2. The van der Waals surface area contributed by atoms with Gasteiger partial charge < -0.3 is 10.2 Å². The Morgan fingerprint density at radius 2 is 1.81 bits per heavy atom. The van der Waals surface area contributed by atoms with Gasteiger partial charge >= 0.3 is 6.01 Å². The molecule has 0 unspecified atom stereocenters. The number of pyridine rings is 1. The average molecular weight is 240 g/mol. The van der Waals surface area contributed by atoms with Crippen molar-refractivity contribution in [3.63, 3.8) is 0 Å². The van der Waals surface area contributed by atoms with Gasteiger partial charge in [0.2, 0.25) is 5.88 Å². The quantitative estimate of drug-likeness (QED) is 0.746. The van der Waals surface area contributed by atoms with Gasteiger partial charge in [0, 0.05) is 0 Å². The van der Waals surface area contributed by atoms with Crippen LogP contribution in [0.4, 0.5) is 0 Å². The highest BCUT2D eigenvalue weighted by atomic mass is 35.5.